The second-order valence-electron chi connectivity index (χ2n) is 6.95. The highest BCUT2D eigenvalue weighted by Crippen LogP contribution is 2.29. The highest BCUT2D eigenvalue weighted by Gasteiger charge is 2.49. The van der Waals surface area contributed by atoms with E-state index in [0.717, 1.165) is 15.3 Å². The third-order valence-electron chi connectivity index (χ3n) is 4.83. The number of carbonyl (C=O) groups is 3. The quantitative estimate of drug-likeness (QED) is 0.577. The molecule has 6 nitrogen and oxygen atoms in total. The van der Waals surface area contributed by atoms with Gasteiger partial charge < -0.3 is 10.2 Å². The van der Waals surface area contributed by atoms with E-state index < -0.39 is 17.5 Å². The lowest BCUT2D eigenvalue weighted by Gasteiger charge is -2.24. The van der Waals surface area contributed by atoms with Gasteiger partial charge in [0.15, 0.2) is 0 Å². The van der Waals surface area contributed by atoms with Crippen LogP contribution in [0.2, 0.25) is 0 Å². The number of benzene rings is 1. The maximum absolute atomic E-state index is 13.0. The maximum Gasteiger partial charge on any atom is 0.325 e. The van der Waals surface area contributed by atoms with Crippen LogP contribution in [0.4, 0.5) is 4.79 Å². The summed E-state index contributed by atoms with van der Waals surface area (Å²) in [5.74, 6) is -0.727. The van der Waals surface area contributed by atoms with E-state index in [9.17, 15) is 14.4 Å². The van der Waals surface area contributed by atoms with E-state index in [-0.39, 0.29) is 12.5 Å². The Morgan fingerprint density at radius 2 is 2.00 bits per heavy atom. The van der Waals surface area contributed by atoms with Crippen molar-refractivity contribution in [2.45, 2.75) is 25.9 Å². The van der Waals surface area contributed by atoms with E-state index >= 15 is 0 Å². The van der Waals surface area contributed by atoms with Crippen LogP contribution in [-0.2, 0) is 21.7 Å². The summed E-state index contributed by atoms with van der Waals surface area (Å²) in [6.07, 6.45) is 1.63. The summed E-state index contributed by atoms with van der Waals surface area (Å²) < 4.78 is 0. The molecule has 3 rings (SSSR count). The van der Waals surface area contributed by atoms with Gasteiger partial charge >= 0.3 is 6.03 Å². The number of nitrogens with one attached hydrogen (secondary N) is 1. The number of rotatable bonds is 7. The van der Waals surface area contributed by atoms with Crippen molar-refractivity contribution >= 4 is 29.2 Å². The minimum absolute atomic E-state index is 0.300. The zero-order chi connectivity index (χ0) is 20.3. The van der Waals surface area contributed by atoms with Crippen LogP contribution in [0.1, 0.15) is 22.9 Å². The van der Waals surface area contributed by atoms with Gasteiger partial charge in [0.2, 0.25) is 5.91 Å². The highest BCUT2D eigenvalue weighted by molar-refractivity contribution is 7.09. The predicted octanol–water partition coefficient (Wildman–Crippen LogP) is 3.04. The number of hydrogen-bond acceptors (Lipinski definition) is 4. The lowest BCUT2D eigenvalue weighted by Crippen LogP contribution is -2.44. The van der Waals surface area contributed by atoms with Crippen LogP contribution in [0.5, 0.6) is 0 Å². The standard InChI is InChI=1S/C21H23N3O3S/c1-4-11-23(13-17-6-5-12-28-17)18(25)14-24-19(26)21(3,22-20(24)27)16-9-7-15(2)8-10-16/h4-10,12H,1,11,13-14H2,2-3H3,(H,22,27). The summed E-state index contributed by atoms with van der Waals surface area (Å²) in [5, 5.41) is 4.68. The van der Waals surface area contributed by atoms with Gasteiger partial charge in [-0.1, -0.05) is 42.0 Å². The molecule has 0 aliphatic carbocycles. The van der Waals surface area contributed by atoms with Gasteiger partial charge in [0.1, 0.15) is 12.1 Å². The number of amides is 4. The smallest absolute Gasteiger partial charge is 0.325 e. The molecule has 1 saturated heterocycles. The number of thiophene rings is 1. The Morgan fingerprint density at radius 1 is 1.29 bits per heavy atom. The zero-order valence-electron chi connectivity index (χ0n) is 16.0. The molecule has 2 aromatic rings. The molecule has 1 aliphatic rings. The lowest BCUT2D eigenvalue weighted by molar-refractivity contribution is -0.138. The van der Waals surface area contributed by atoms with Crippen molar-refractivity contribution < 1.29 is 14.4 Å². The summed E-state index contributed by atoms with van der Waals surface area (Å²) in [6.45, 7) is 7.77. The Labute approximate surface area is 168 Å². The number of imide groups is 1. The summed E-state index contributed by atoms with van der Waals surface area (Å²) >= 11 is 1.55. The number of nitrogens with zero attached hydrogens (tertiary/aromatic N) is 2. The van der Waals surface area contributed by atoms with Gasteiger partial charge in [-0.2, -0.15) is 0 Å². The fourth-order valence-electron chi connectivity index (χ4n) is 3.16. The molecule has 146 valence electrons. The lowest BCUT2D eigenvalue weighted by atomic mass is 9.91. The topological polar surface area (TPSA) is 69.7 Å². The van der Waals surface area contributed by atoms with Gasteiger partial charge in [-0.25, -0.2) is 4.79 Å². The molecule has 1 N–H and O–H groups in total. The van der Waals surface area contributed by atoms with E-state index in [1.54, 1.807) is 29.2 Å². The summed E-state index contributed by atoms with van der Waals surface area (Å²) in [7, 11) is 0. The van der Waals surface area contributed by atoms with E-state index in [4.69, 9.17) is 0 Å². The molecule has 1 atom stereocenters. The average Bonchev–Trinajstić information content (AvgIpc) is 3.25. The molecule has 2 heterocycles. The second-order valence-corrected chi connectivity index (χ2v) is 7.99. The number of carbonyl (C=O) groups excluding carboxylic acids is 3. The Balaban J connectivity index is 1.76. The van der Waals surface area contributed by atoms with Crippen LogP contribution >= 0.6 is 11.3 Å². The molecule has 7 heteroatoms. The van der Waals surface area contributed by atoms with Crippen LogP contribution < -0.4 is 5.32 Å². The minimum atomic E-state index is -1.18. The third-order valence-corrected chi connectivity index (χ3v) is 5.69. The summed E-state index contributed by atoms with van der Waals surface area (Å²) in [6, 6.07) is 10.7. The van der Waals surface area contributed by atoms with Crippen molar-refractivity contribution in [1.82, 2.24) is 15.1 Å². The van der Waals surface area contributed by atoms with Crippen LogP contribution in [0, 0.1) is 6.92 Å². The van der Waals surface area contributed by atoms with E-state index in [1.165, 1.54) is 0 Å². The fraction of sp³-hybridized carbons (Fsp3) is 0.286. The van der Waals surface area contributed by atoms with Gasteiger partial charge in [0.25, 0.3) is 5.91 Å². The van der Waals surface area contributed by atoms with Gasteiger partial charge in [0.05, 0.1) is 6.54 Å². The van der Waals surface area contributed by atoms with Crippen molar-refractivity contribution in [2.75, 3.05) is 13.1 Å². The molecule has 0 radical (unpaired) electrons. The fourth-order valence-corrected chi connectivity index (χ4v) is 3.88. The Bertz CT molecular complexity index is 892. The maximum atomic E-state index is 13.0. The van der Waals surface area contributed by atoms with E-state index in [0.29, 0.717) is 18.7 Å². The number of aryl methyl sites for hydroxylation is 1. The zero-order valence-corrected chi connectivity index (χ0v) is 16.8. The summed E-state index contributed by atoms with van der Waals surface area (Å²) in [4.78, 5) is 41.9. The second kappa shape index (κ2) is 7.98. The molecule has 1 fully saturated rings. The number of urea groups is 1. The molecule has 28 heavy (non-hydrogen) atoms. The monoisotopic (exact) mass is 397 g/mol. The average molecular weight is 398 g/mol. The van der Waals surface area contributed by atoms with Gasteiger partial charge in [0, 0.05) is 11.4 Å². The molecule has 1 aliphatic heterocycles. The first-order valence-electron chi connectivity index (χ1n) is 8.97. The number of hydrogen-bond donors (Lipinski definition) is 1. The molecule has 0 bridgehead atoms. The van der Waals surface area contributed by atoms with Gasteiger partial charge in [-0.3, -0.25) is 14.5 Å². The van der Waals surface area contributed by atoms with E-state index in [2.05, 4.69) is 11.9 Å². The summed E-state index contributed by atoms with van der Waals surface area (Å²) in [5.41, 5.74) is 0.569. The van der Waals surface area contributed by atoms with Crippen LogP contribution in [-0.4, -0.2) is 40.7 Å². The van der Waals surface area contributed by atoms with Crippen molar-refractivity contribution in [2.24, 2.45) is 0 Å². The molecule has 1 aromatic heterocycles. The van der Waals surface area contributed by atoms with Crippen LogP contribution in [0.15, 0.2) is 54.4 Å². The van der Waals surface area contributed by atoms with Gasteiger partial charge in [-0.05, 0) is 30.9 Å². The first-order valence-corrected chi connectivity index (χ1v) is 9.85. The first kappa shape index (κ1) is 19.8. The van der Waals surface area contributed by atoms with Crippen LogP contribution in [0.3, 0.4) is 0 Å². The molecule has 1 aromatic carbocycles. The molecule has 4 amide bonds. The van der Waals surface area contributed by atoms with Gasteiger partial charge in [-0.15, -0.1) is 17.9 Å². The normalized spacial score (nSPS) is 18.9. The van der Waals surface area contributed by atoms with Crippen LogP contribution in [0.25, 0.3) is 0 Å². The molecule has 0 spiro atoms. The van der Waals surface area contributed by atoms with Crippen molar-refractivity contribution in [1.29, 1.82) is 0 Å². The Kier molecular flexibility index (Phi) is 5.65. The minimum Gasteiger partial charge on any atom is -0.332 e. The molecular formula is C21H23N3O3S. The molecule has 1 unspecified atom stereocenters. The van der Waals surface area contributed by atoms with Crippen molar-refractivity contribution in [3.05, 3.63) is 70.4 Å². The predicted molar refractivity (Wildman–Crippen MR) is 109 cm³/mol. The third kappa shape index (κ3) is 3.84. The van der Waals surface area contributed by atoms with Crippen molar-refractivity contribution in [3.63, 3.8) is 0 Å². The largest absolute Gasteiger partial charge is 0.332 e. The van der Waals surface area contributed by atoms with E-state index in [1.807, 2.05) is 48.7 Å². The Morgan fingerprint density at radius 3 is 2.61 bits per heavy atom. The Hall–Kier alpha value is -2.93. The van der Waals surface area contributed by atoms with Crippen molar-refractivity contribution in [3.8, 4) is 0 Å². The highest BCUT2D eigenvalue weighted by atomic mass is 32.1. The molecular weight excluding hydrogens is 374 g/mol. The molecule has 0 saturated carbocycles. The SMILES string of the molecule is C=CCN(Cc1cccs1)C(=O)CN1C(=O)NC(C)(c2ccc(C)cc2)C1=O. The first-order chi connectivity index (χ1) is 13.3.